The minimum absolute atomic E-state index is 0.0720. The summed E-state index contributed by atoms with van der Waals surface area (Å²) in [5.74, 6) is 1.06. The maximum Gasteiger partial charge on any atom is 0.223 e. The molecule has 0 aliphatic carbocycles. The molecule has 0 saturated heterocycles. The molecule has 150 valence electrons. The van der Waals surface area contributed by atoms with Crippen molar-refractivity contribution in [2.45, 2.75) is 25.9 Å². The first kappa shape index (κ1) is 21.2. The molecule has 0 fully saturated rings. The first-order valence-electron chi connectivity index (χ1n) is 9.03. The number of rotatable bonds is 9. The fraction of sp³-hybridized carbons (Fsp3) is 0.381. The normalized spacial score (nSPS) is 10.3. The van der Waals surface area contributed by atoms with Crippen molar-refractivity contribution in [1.82, 2.24) is 14.8 Å². The van der Waals surface area contributed by atoms with Crippen LogP contribution in [0.2, 0.25) is 0 Å². The quantitative estimate of drug-likeness (QED) is 0.663. The number of amides is 2. The maximum atomic E-state index is 12.8. The third-order valence-corrected chi connectivity index (χ3v) is 4.30. The van der Waals surface area contributed by atoms with Crippen molar-refractivity contribution in [2.75, 3.05) is 28.3 Å². The monoisotopic (exact) mass is 385 g/mol. The van der Waals surface area contributed by atoms with Gasteiger partial charge in [0.25, 0.3) is 0 Å². The van der Waals surface area contributed by atoms with Gasteiger partial charge in [0, 0.05) is 39.7 Å². The van der Waals surface area contributed by atoms with Crippen LogP contribution in [-0.2, 0) is 22.7 Å². The van der Waals surface area contributed by atoms with Crippen molar-refractivity contribution >= 4 is 11.8 Å². The molecule has 0 radical (unpaired) electrons. The van der Waals surface area contributed by atoms with Gasteiger partial charge in [-0.3, -0.25) is 14.6 Å². The number of carbonyl (C=O) groups excluding carboxylic acids is 2. The molecule has 1 heterocycles. The summed E-state index contributed by atoms with van der Waals surface area (Å²) in [4.78, 5) is 32.2. The molecule has 0 spiro atoms. The summed E-state index contributed by atoms with van der Waals surface area (Å²) in [6.45, 7) is 0.746. The van der Waals surface area contributed by atoms with E-state index in [1.807, 2.05) is 36.4 Å². The summed E-state index contributed by atoms with van der Waals surface area (Å²) in [6, 6.07) is 11.2. The fourth-order valence-electron chi connectivity index (χ4n) is 2.71. The van der Waals surface area contributed by atoms with E-state index in [0.717, 1.165) is 11.3 Å². The Kier molecular flexibility index (Phi) is 7.80. The van der Waals surface area contributed by atoms with Crippen LogP contribution in [0.15, 0.2) is 42.6 Å². The number of methoxy groups -OCH3 is 2. The molecule has 7 heteroatoms. The average molecular weight is 385 g/mol. The van der Waals surface area contributed by atoms with Crippen LogP contribution in [0.3, 0.4) is 0 Å². The smallest absolute Gasteiger partial charge is 0.223 e. The Bertz CT molecular complexity index is 793. The van der Waals surface area contributed by atoms with Crippen molar-refractivity contribution in [3.63, 3.8) is 0 Å². The molecule has 0 atom stereocenters. The summed E-state index contributed by atoms with van der Waals surface area (Å²) in [5, 5.41) is 0. The molecule has 0 N–H and O–H groups in total. The van der Waals surface area contributed by atoms with Gasteiger partial charge >= 0.3 is 0 Å². The predicted octanol–water partition coefficient (Wildman–Crippen LogP) is 2.50. The van der Waals surface area contributed by atoms with Gasteiger partial charge < -0.3 is 19.3 Å². The molecular formula is C21H27N3O4. The zero-order valence-corrected chi connectivity index (χ0v) is 16.8. The highest BCUT2D eigenvalue weighted by molar-refractivity contribution is 5.83. The maximum absolute atomic E-state index is 12.8. The molecule has 1 aromatic heterocycles. The summed E-state index contributed by atoms with van der Waals surface area (Å²) in [5.41, 5.74) is 1.69. The molecular weight excluding hydrogens is 358 g/mol. The number of ether oxygens (including phenoxy) is 2. The van der Waals surface area contributed by atoms with E-state index in [1.54, 1.807) is 39.4 Å². The van der Waals surface area contributed by atoms with Gasteiger partial charge in [-0.2, -0.15) is 0 Å². The lowest BCUT2D eigenvalue weighted by Gasteiger charge is -2.23. The highest BCUT2D eigenvalue weighted by Crippen LogP contribution is 2.28. The first-order valence-corrected chi connectivity index (χ1v) is 9.03. The van der Waals surface area contributed by atoms with E-state index in [0.29, 0.717) is 24.6 Å². The lowest BCUT2D eigenvalue weighted by Crippen LogP contribution is -2.32. The van der Waals surface area contributed by atoms with Crippen molar-refractivity contribution < 1.29 is 19.1 Å². The van der Waals surface area contributed by atoms with Gasteiger partial charge in [-0.1, -0.05) is 12.1 Å². The van der Waals surface area contributed by atoms with E-state index >= 15 is 0 Å². The average Bonchev–Trinajstić information content (AvgIpc) is 2.71. The second kappa shape index (κ2) is 10.3. The van der Waals surface area contributed by atoms with Crippen LogP contribution in [0.1, 0.15) is 24.1 Å². The second-order valence-electron chi connectivity index (χ2n) is 6.55. The summed E-state index contributed by atoms with van der Waals surface area (Å²) >= 11 is 0. The molecule has 7 nitrogen and oxygen atoms in total. The van der Waals surface area contributed by atoms with Gasteiger partial charge in [-0.25, -0.2) is 0 Å². The van der Waals surface area contributed by atoms with Crippen LogP contribution in [0, 0.1) is 0 Å². The molecule has 1 aromatic carbocycles. The molecule has 0 saturated carbocycles. The van der Waals surface area contributed by atoms with Crippen molar-refractivity contribution in [3.05, 3.63) is 53.9 Å². The van der Waals surface area contributed by atoms with Gasteiger partial charge in [0.05, 0.1) is 26.5 Å². The van der Waals surface area contributed by atoms with E-state index in [2.05, 4.69) is 4.98 Å². The van der Waals surface area contributed by atoms with Gasteiger partial charge in [0.15, 0.2) is 11.5 Å². The SMILES string of the molecule is COc1ccc(CN(Cc2ccccn2)C(=O)CCC(=O)N(C)C)cc1OC. The standard InChI is InChI=1S/C21H27N3O4/c1-23(2)20(25)10-11-21(26)24(15-17-7-5-6-12-22-17)14-16-8-9-18(27-3)19(13-16)28-4/h5-9,12-13H,10-11,14-15H2,1-4H3. The van der Waals surface area contributed by atoms with Gasteiger partial charge in [-0.05, 0) is 29.8 Å². The van der Waals surface area contributed by atoms with E-state index < -0.39 is 0 Å². The highest BCUT2D eigenvalue weighted by Gasteiger charge is 2.18. The topological polar surface area (TPSA) is 72.0 Å². The van der Waals surface area contributed by atoms with Crippen molar-refractivity contribution in [1.29, 1.82) is 0 Å². The van der Waals surface area contributed by atoms with Crippen molar-refractivity contribution in [3.8, 4) is 11.5 Å². The molecule has 2 amide bonds. The third kappa shape index (κ3) is 5.97. The Labute approximate surface area is 165 Å². The van der Waals surface area contributed by atoms with Crippen molar-refractivity contribution in [2.24, 2.45) is 0 Å². The molecule has 2 rings (SSSR count). The Morgan fingerprint density at radius 1 is 0.929 bits per heavy atom. The number of benzene rings is 1. The number of carbonyl (C=O) groups is 2. The number of hydrogen-bond acceptors (Lipinski definition) is 5. The fourth-order valence-corrected chi connectivity index (χ4v) is 2.71. The van der Waals surface area contributed by atoms with Gasteiger partial charge in [-0.15, -0.1) is 0 Å². The number of hydrogen-bond donors (Lipinski definition) is 0. The lowest BCUT2D eigenvalue weighted by atomic mass is 10.1. The zero-order chi connectivity index (χ0) is 20.5. The van der Waals surface area contributed by atoms with Crippen LogP contribution < -0.4 is 9.47 Å². The van der Waals surface area contributed by atoms with E-state index in [4.69, 9.17) is 9.47 Å². The highest BCUT2D eigenvalue weighted by atomic mass is 16.5. The van der Waals surface area contributed by atoms with Crippen LogP contribution >= 0.6 is 0 Å². The number of pyridine rings is 1. The van der Waals surface area contributed by atoms with E-state index in [9.17, 15) is 9.59 Å². The molecule has 2 aromatic rings. The minimum atomic E-state index is -0.101. The Morgan fingerprint density at radius 3 is 2.25 bits per heavy atom. The summed E-state index contributed by atoms with van der Waals surface area (Å²) in [6.07, 6.45) is 2.03. The van der Waals surface area contributed by atoms with Crippen LogP contribution in [0.5, 0.6) is 11.5 Å². The Hall–Kier alpha value is -3.09. The summed E-state index contributed by atoms with van der Waals surface area (Å²) < 4.78 is 10.6. The predicted molar refractivity (Wildman–Crippen MR) is 106 cm³/mol. The molecule has 0 unspecified atom stereocenters. The molecule has 28 heavy (non-hydrogen) atoms. The van der Waals surface area contributed by atoms with E-state index in [-0.39, 0.29) is 24.7 Å². The Balaban J connectivity index is 2.18. The number of aromatic nitrogens is 1. The van der Waals surface area contributed by atoms with Crippen LogP contribution in [0.25, 0.3) is 0 Å². The zero-order valence-electron chi connectivity index (χ0n) is 16.8. The summed E-state index contributed by atoms with van der Waals surface area (Å²) in [7, 11) is 6.52. The van der Waals surface area contributed by atoms with Gasteiger partial charge in [0.2, 0.25) is 11.8 Å². The lowest BCUT2D eigenvalue weighted by molar-refractivity contribution is -0.136. The molecule has 0 aliphatic rings. The van der Waals surface area contributed by atoms with Crippen LogP contribution in [-0.4, -0.2) is 54.9 Å². The molecule has 0 bridgehead atoms. The third-order valence-electron chi connectivity index (χ3n) is 4.30. The Morgan fingerprint density at radius 2 is 1.64 bits per heavy atom. The second-order valence-corrected chi connectivity index (χ2v) is 6.55. The first-order chi connectivity index (χ1) is 13.4. The minimum Gasteiger partial charge on any atom is -0.493 e. The number of nitrogens with zero attached hydrogens (tertiary/aromatic N) is 3. The van der Waals surface area contributed by atoms with Gasteiger partial charge in [0.1, 0.15) is 0 Å². The van der Waals surface area contributed by atoms with E-state index in [1.165, 1.54) is 4.90 Å². The van der Waals surface area contributed by atoms with Crippen LogP contribution in [0.4, 0.5) is 0 Å². The molecule has 0 aliphatic heterocycles. The largest absolute Gasteiger partial charge is 0.493 e.